The summed E-state index contributed by atoms with van der Waals surface area (Å²) in [5.74, 6) is 0.836. The lowest BCUT2D eigenvalue weighted by atomic mass is 10.2. The van der Waals surface area contributed by atoms with E-state index in [0.29, 0.717) is 6.61 Å². The predicted molar refractivity (Wildman–Crippen MR) is 85.7 cm³/mol. The topological polar surface area (TPSA) is 39.1 Å². The molecule has 1 atom stereocenters. The average molecular weight is 338 g/mol. The molecule has 2 aromatic rings. The zero-order chi connectivity index (χ0) is 14.7. The molecular weight excluding hydrogens is 318 g/mol. The number of aromatic nitrogens is 2. The number of rotatable bonds is 5. The number of anilines is 1. The molecule has 1 aromatic heterocycles. The number of nitrogens with zero attached hydrogens (tertiary/aromatic N) is 2. The third kappa shape index (κ3) is 3.41. The van der Waals surface area contributed by atoms with Crippen molar-refractivity contribution in [2.75, 3.05) is 19.0 Å². The predicted octanol–water partition coefficient (Wildman–Crippen LogP) is 3.70. The highest BCUT2D eigenvalue weighted by atomic mass is 79.9. The van der Waals surface area contributed by atoms with Crippen molar-refractivity contribution in [1.82, 2.24) is 9.55 Å². The SMILES string of the molecule is COCC(C)Nc1nc(C)cn1-c1ccc(C)c(Br)c1. The molecular formula is C15H20BrN3O. The summed E-state index contributed by atoms with van der Waals surface area (Å²) >= 11 is 3.58. The first-order valence-corrected chi connectivity index (χ1v) is 7.38. The summed E-state index contributed by atoms with van der Waals surface area (Å²) in [7, 11) is 1.70. The van der Waals surface area contributed by atoms with Crippen molar-refractivity contribution < 1.29 is 4.74 Å². The van der Waals surface area contributed by atoms with Crippen LogP contribution in [-0.4, -0.2) is 29.3 Å². The second-order valence-electron chi connectivity index (χ2n) is 5.01. The molecule has 0 amide bonds. The molecule has 20 heavy (non-hydrogen) atoms. The highest BCUT2D eigenvalue weighted by molar-refractivity contribution is 9.10. The number of benzene rings is 1. The molecule has 2 rings (SSSR count). The number of hydrogen-bond acceptors (Lipinski definition) is 3. The summed E-state index contributed by atoms with van der Waals surface area (Å²) in [4.78, 5) is 4.54. The van der Waals surface area contributed by atoms with Crippen molar-refractivity contribution >= 4 is 21.9 Å². The molecule has 108 valence electrons. The summed E-state index contributed by atoms with van der Waals surface area (Å²) < 4.78 is 8.31. The van der Waals surface area contributed by atoms with Gasteiger partial charge in [-0.15, -0.1) is 0 Å². The summed E-state index contributed by atoms with van der Waals surface area (Å²) in [5.41, 5.74) is 3.27. The van der Waals surface area contributed by atoms with Gasteiger partial charge in [-0.3, -0.25) is 4.57 Å². The number of nitrogens with one attached hydrogen (secondary N) is 1. The molecule has 0 radical (unpaired) electrons. The highest BCUT2D eigenvalue weighted by Gasteiger charge is 2.11. The fraction of sp³-hybridized carbons (Fsp3) is 0.400. The summed E-state index contributed by atoms with van der Waals surface area (Å²) in [5, 5.41) is 3.38. The number of methoxy groups -OCH3 is 1. The molecule has 1 unspecified atom stereocenters. The fourth-order valence-corrected chi connectivity index (χ4v) is 2.41. The standard InChI is InChI=1S/C15H20BrN3O/c1-10-5-6-13(7-14(10)16)19-8-11(2)17-15(19)18-12(3)9-20-4/h5-8,12H,9H2,1-4H3,(H,17,18). The van der Waals surface area contributed by atoms with Gasteiger partial charge in [0.05, 0.1) is 12.3 Å². The quantitative estimate of drug-likeness (QED) is 0.904. The Balaban J connectivity index is 2.33. The van der Waals surface area contributed by atoms with Crippen LogP contribution in [0.25, 0.3) is 5.69 Å². The number of halogens is 1. The lowest BCUT2D eigenvalue weighted by Gasteiger charge is -2.15. The minimum Gasteiger partial charge on any atom is -0.383 e. The fourth-order valence-electron chi connectivity index (χ4n) is 2.04. The van der Waals surface area contributed by atoms with Crippen molar-refractivity contribution in [2.24, 2.45) is 0 Å². The Hall–Kier alpha value is -1.33. The molecule has 0 aliphatic heterocycles. The lowest BCUT2D eigenvalue weighted by molar-refractivity contribution is 0.190. The Morgan fingerprint density at radius 3 is 2.80 bits per heavy atom. The third-order valence-electron chi connectivity index (χ3n) is 3.05. The van der Waals surface area contributed by atoms with Crippen LogP contribution in [0.15, 0.2) is 28.9 Å². The van der Waals surface area contributed by atoms with Gasteiger partial charge in [-0.2, -0.15) is 0 Å². The van der Waals surface area contributed by atoms with E-state index in [-0.39, 0.29) is 6.04 Å². The average Bonchev–Trinajstić information content (AvgIpc) is 2.74. The lowest BCUT2D eigenvalue weighted by Crippen LogP contribution is -2.22. The van der Waals surface area contributed by atoms with Gasteiger partial charge in [0.2, 0.25) is 5.95 Å². The Morgan fingerprint density at radius 1 is 1.40 bits per heavy atom. The van der Waals surface area contributed by atoms with Crippen LogP contribution in [0.3, 0.4) is 0 Å². The van der Waals surface area contributed by atoms with Gasteiger partial charge in [0.25, 0.3) is 0 Å². The van der Waals surface area contributed by atoms with E-state index in [1.165, 1.54) is 5.56 Å². The molecule has 1 N–H and O–H groups in total. The summed E-state index contributed by atoms with van der Waals surface area (Å²) in [6, 6.07) is 6.49. The van der Waals surface area contributed by atoms with Crippen LogP contribution in [0, 0.1) is 13.8 Å². The molecule has 0 fully saturated rings. The number of imidazole rings is 1. The van der Waals surface area contributed by atoms with Crippen LogP contribution in [0.4, 0.5) is 5.95 Å². The van der Waals surface area contributed by atoms with Gasteiger partial charge in [0.15, 0.2) is 0 Å². The molecule has 0 aliphatic rings. The van der Waals surface area contributed by atoms with Gasteiger partial charge in [-0.1, -0.05) is 22.0 Å². The highest BCUT2D eigenvalue weighted by Crippen LogP contribution is 2.23. The minimum absolute atomic E-state index is 0.203. The van der Waals surface area contributed by atoms with Gasteiger partial charge in [-0.05, 0) is 38.5 Å². The Labute approximate surface area is 128 Å². The van der Waals surface area contributed by atoms with Crippen molar-refractivity contribution in [3.8, 4) is 5.69 Å². The first kappa shape index (κ1) is 15.1. The maximum atomic E-state index is 5.16. The maximum Gasteiger partial charge on any atom is 0.208 e. The zero-order valence-corrected chi connectivity index (χ0v) is 13.9. The molecule has 0 bridgehead atoms. The van der Waals surface area contributed by atoms with E-state index < -0.39 is 0 Å². The zero-order valence-electron chi connectivity index (χ0n) is 12.3. The van der Waals surface area contributed by atoms with E-state index in [1.54, 1.807) is 7.11 Å². The van der Waals surface area contributed by atoms with Gasteiger partial charge in [0, 0.05) is 29.5 Å². The van der Waals surface area contributed by atoms with E-state index in [0.717, 1.165) is 21.8 Å². The molecule has 0 saturated heterocycles. The number of hydrogen-bond donors (Lipinski definition) is 1. The second kappa shape index (κ2) is 6.41. The van der Waals surface area contributed by atoms with Crippen LogP contribution < -0.4 is 5.32 Å². The van der Waals surface area contributed by atoms with Crippen molar-refractivity contribution in [3.63, 3.8) is 0 Å². The number of ether oxygens (including phenoxy) is 1. The first-order chi connectivity index (χ1) is 9.51. The van der Waals surface area contributed by atoms with Crippen LogP contribution in [-0.2, 0) is 4.74 Å². The summed E-state index contributed by atoms with van der Waals surface area (Å²) in [6.07, 6.45) is 2.03. The monoisotopic (exact) mass is 337 g/mol. The molecule has 0 saturated carbocycles. The van der Waals surface area contributed by atoms with E-state index >= 15 is 0 Å². The molecule has 1 heterocycles. The number of aryl methyl sites for hydroxylation is 2. The van der Waals surface area contributed by atoms with Gasteiger partial charge in [0.1, 0.15) is 0 Å². The molecule has 4 nitrogen and oxygen atoms in total. The molecule has 0 aliphatic carbocycles. The van der Waals surface area contributed by atoms with E-state index in [9.17, 15) is 0 Å². The Morgan fingerprint density at radius 2 is 2.15 bits per heavy atom. The van der Waals surface area contributed by atoms with Gasteiger partial charge < -0.3 is 10.1 Å². The van der Waals surface area contributed by atoms with Crippen molar-refractivity contribution in [3.05, 3.63) is 40.1 Å². The van der Waals surface area contributed by atoms with Crippen molar-refractivity contribution in [1.29, 1.82) is 0 Å². The van der Waals surface area contributed by atoms with Crippen LogP contribution in [0.5, 0.6) is 0 Å². The third-order valence-corrected chi connectivity index (χ3v) is 3.91. The van der Waals surface area contributed by atoms with Gasteiger partial charge >= 0.3 is 0 Å². The maximum absolute atomic E-state index is 5.16. The van der Waals surface area contributed by atoms with Crippen LogP contribution in [0.1, 0.15) is 18.2 Å². The van der Waals surface area contributed by atoms with Crippen LogP contribution in [0.2, 0.25) is 0 Å². The molecule has 0 spiro atoms. The Kier molecular flexibility index (Phi) is 4.83. The minimum atomic E-state index is 0.203. The van der Waals surface area contributed by atoms with E-state index in [1.807, 2.05) is 13.1 Å². The molecule has 5 heteroatoms. The normalized spacial score (nSPS) is 12.4. The second-order valence-corrected chi connectivity index (χ2v) is 5.86. The van der Waals surface area contributed by atoms with E-state index in [2.05, 4.69) is 62.8 Å². The molecule has 1 aromatic carbocycles. The Bertz CT molecular complexity index is 595. The van der Waals surface area contributed by atoms with E-state index in [4.69, 9.17) is 4.74 Å². The first-order valence-electron chi connectivity index (χ1n) is 6.59. The largest absolute Gasteiger partial charge is 0.383 e. The van der Waals surface area contributed by atoms with Crippen molar-refractivity contribution in [2.45, 2.75) is 26.8 Å². The summed E-state index contributed by atoms with van der Waals surface area (Å²) in [6.45, 7) is 6.78. The smallest absolute Gasteiger partial charge is 0.208 e. The van der Waals surface area contributed by atoms with Crippen LogP contribution >= 0.6 is 15.9 Å². The van der Waals surface area contributed by atoms with Gasteiger partial charge in [-0.25, -0.2) is 4.98 Å².